The number of nitrogens with zero attached hydrogens (tertiary/aromatic N) is 1. The van der Waals surface area contributed by atoms with Crippen LogP contribution >= 0.6 is 34.8 Å². The number of nitrogens with one attached hydrogen (secondary N) is 1. The highest BCUT2D eigenvalue weighted by Gasteiger charge is 2.26. The zero-order chi connectivity index (χ0) is 21.0. The largest absolute Gasteiger partial charge is 0.466 e. The Morgan fingerprint density at radius 1 is 1.14 bits per heavy atom. The fourth-order valence-corrected chi connectivity index (χ4v) is 4.36. The van der Waals surface area contributed by atoms with Gasteiger partial charge in [0.2, 0.25) is 0 Å². The number of hydrogen-bond donors (Lipinski definition) is 1. The first-order valence-corrected chi connectivity index (χ1v) is 10.9. The van der Waals surface area contributed by atoms with Crippen molar-refractivity contribution in [1.82, 2.24) is 0 Å². The molecule has 156 valence electrons. The van der Waals surface area contributed by atoms with Crippen molar-refractivity contribution in [2.45, 2.75) is 32.7 Å². The van der Waals surface area contributed by atoms with Crippen LogP contribution in [0, 0.1) is 5.92 Å². The molecule has 1 fully saturated rings. The fourth-order valence-electron chi connectivity index (χ4n) is 3.62. The quantitative estimate of drug-likeness (QED) is 0.498. The van der Waals surface area contributed by atoms with Crippen LogP contribution < -0.4 is 10.2 Å². The van der Waals surface area contributed by atoms with Crippen LogP contribution in [0.1, 0.15) is 38.3 Å². The van der Waals surface area contributed by atoms with Gasteiger partial charge in [0.25, 0.3) is 0 Å². The molecule has 0 bridgehead atoms. The average molecular weight is 456 g/mol. The van der Waals surface area contributed by atoms with Gasteiger partial charge < -0.3 is 15.0 Å². The molecule has 1 N–H and O–H groups in total. The summed E-state index contributed by atoms with van der Waals surface area (Å²) < 4.78 is 5.16. The molecule has 2 aromatic rings. The Morgan fingerprint density at radius 3 is 2.52 bits per heavy atom. The number of hydrogen-bond acceptors (Lipinski definition) is 4. The van der Waals surface area contributed by atoms with Crippen LogP contribution in [-0.2, 0) is 9.53 Å². The van der Waals surface area contributed by atoms with Gasteiger partial charge >= 0.3 is 5.97 Å². The average Bonchev–Trinajstić information content (AvgIpc) is 2.70. The van der Waals surface area contributed by atoms with Crippen molar-refractivity contribution in [3.63, 3.8) is 0 Å². The van der Waals surface area contributed by atoms with Crippen molar-refractivity contribution in [3.8, 4) is 0 Å². The van der Waals surface area contributed by atoms with Crippen LogP contribution in [0.2, 0.25) is 15.1 Å². The first-order chi connectivity index (χ1) is 13.9. The Hall–Kier alpha value is -1.62. The Morgan fingerprint density at radius 2 is 1.86 bits per heavy atom. The van der Waals surface area contributed by atoms with Crippen molar-refractivity contribution >= 4 is 52.1 Å². The molecule has 1 heterocycles. The second-order valence-electron chi connectivity index (χ2n) is 7.21. The highest BCUT2D eigenvalue weighted by atomic mass is 35.5. The van der Waals surface area contributed by atoms with E-state index in [4.69, 9.17) is 39.5 Å². The van der Waals surface area contributed by atoms with Gasteiger partial charge in [-0.3, -0.25) is 4.79 Å². The van der Waals surface area contributed by atoms with E-state index in [1.54, 1.807) is 6.07 Å². The molecule has 1 atom stereocenters. The van der Waals surface area contributed by atoms with Crippen molar-refractivity contribution in [2.75, 3.05) is 29.9 Å². The molecule has 4 nitrogen and oxygen atoms in total. The first kappa shape index (κ1) is 22.1. The van der Waals surface area contributed by atoms with Gasteiger partial charge in [-0.05, 0) is 62.6 Å². The molecule has 0 aromatic heterocycles. The molecule has 0 unspecified atom stereocenters. The lowest BCUT2D eigenvalue weighted by Gasteiger charge is -2.33. The third-order valence-electron chi connectivity index (χ3n) is 5.23. The van der Waals surface area contributed by atoms with E-state index in [1.165, 1.54) is 0 Å². The molecule has 2 aromatic carbocycles. The minimum Gasteiger partial charge on any atom is -0.466 e. The summed E-state index contributed by atoms with van der Waals surface area (Å²) >= 11 is 18.8. The number of anilines is 2. The van der Waals surface area contributed by atoms with E-state index in [-0.39, 0.29) is 17.9 Å². The third kappa shape index (κ3) is 5.50. The number of piperidine rings is 1. The lowest BCUT2D eigenvalue weighted by Crippen LogP contribution is -2.37. The van der Waals surface area contributed by atoms with E-state index in [1.807, 2.05) is 44.2 Å². The van der Waals surface area contributed by atoms with E-state index in [2.05, 4.69) is 10.2 Å². The molecule has 0 spiro atoms. The smallest absolute Gasteiger partial charge is 0.309 e. The monoisotopic (exact) mass is 454 g/mol. The number of esters is 1. The molecule has 0 aliphatic carbocycles. The number of benzene rings is 2. The van der Waals surface area contributed by atoms with Gasteiger partial charge in [-0.2, -0.15) is 0 Å². The second kappa shape index (κ2) is 9.92. The Kier molecular flexibility index (Phi) is 7.55. The lowest BCUT2D eigenvalue weighted by atomic mass is 9.96. The Labute approximate surface area is 187 Å². The van der Waals surface area contributed by atoms with Crippen LogP contribution in [0.4, 0.5) is 11.4 Å². The summed E-state index contributed by atoms with van der Waals surface area (Å²) in [6, 6.07) is 11.4. The summed E-state index contributed by atoms with van der Waals surface area (Å²) in [6.45, 7) is 5.92. The summed E-state index contributed by atoms with van der Waals surface area (Å²) in [5, 5.41) is 5.32. The normalized spacial score (nSPS) is 15.8. The van der Waals surface area contributed by atoms with E-state index >= 15 is 0 Å². The molecular formula is C22H25Cl3N2O2. The number of carbonyl (C=O) groups excluding carboxylic acids is 1. The number of carbonyl (C=O) groups is 1. The van der Waals surface area contributed by atoms with Gasteiger partial charge in [0.15, 0.2) is 0 Å². The molecular weight excluding hydrogens is 431 g/mol. The maximum atomic E-state index is 12.0. The maximum absolute atomic E-state index is 12.0. The van der Waals surface area contributed by atoms with Crippen molar-refractivity contribution < 1.29 is 9.53 Å². The summed E-state index contributed by atoms with van der Waals surface area (Å²) in [6.07, 6.45) is 1.59. The summed E-state index contributed by atoms with van der Waals surface area (Å²) in [7, 11) is 0. The van der Waals surface area contributed by atoms with Crippen LogP contribution in [0.25, 0.3) is 0 Å². The number of rotatable bonds is 6. The topological polar surface area (TPSA) is 41.6 Å². The fraction of sp³-hybridized carbons (Fsp3) is 0.409. The lowest BCUT2D eigenvalue weighted by molar-refractivity contribution is -0.148. The molecule has 0 saturated carbocycles. The molecule has 29 heavy (non-hydrogen) atoms. The molecule has 3 rings (SSSR count). The zero-order valence-corrected chi connectivity index (χ0v) is 18.8. The standard InChI is InChI=1S/C22H25Cl3N2O2/c1-3-29-22(28)15-8-10-27(11-9-15)17-5-7-19(24)21(13-17)26-14(2)18-6-4-16(23)12-20(18)25/h4-7,12-15,26H,3,8-11H2,1-2H3/t14-/m1/s1. The summed E-state index contributed by atoms with van der Waals surface area (Å²) in [5.41, 5.74) is 2.87. The highest BCUT2D eigenvalue weighted by Crippen LogP contribution is 2.34. The van der Waals surface area contributed by atoms with Gasteiger partial charge in [0.05, 0.1) is 29.3 Å². The van der Waals surface area contributed by atoms with E-state index in [0.29, 0.717) is 21.7 Å². The number of halogens is 3. The van der Waals surface area contributed by atoms with Crippen LogP contribution in [0.15, 0.2) is 36.4 Å². The molecule has 1 aliphatic rings. The Balaban J connectivity index is 1.69. The van der Waals surface area contributed by atoms with Crippen LogP contribution in [0.3, 0.4) is 0 Å². The van der Waals surface area contributed by atoms with Crippen LogP contribution in [-0.4, -0.2) is 25.7 Å². The SMILES string of the molecule is CCOC(=O)C1CCN(c2ccc(Cl)c(N[C@H](C)c3ccc(Cl)cc3Cl)c2)CC1. The van der Waals surface area contributed by atoms with E-state index in [0.717, 1.165) is 42.9 Å². The van der Waals surface area contributed by atoms with Gasteiger partial charge in [-0.15, -0.1) is 0 Å². The number of ether oxygens (including phenoxy) is 1. The van der Waals surface area contributed by atoms with Gasteiger partial charge in [-0.25, -0.2) is 0 Å². The minimum absolute atomic E-state index is 0.0110. The maximum Gasteiger partial charge on any atom is 0.309 e. The zero-order valence-electron chi connectivity index (χ0n) is 16.6. The molecule has 0 amide bonds. The minimum atomic E-state index is -0.0840. The highest BCUT2D eigenvalue weighted by molar-refractivity contribution is 6.35. The van der Waals surface area contributed by atoms with Gasteiger partial charge in [0.1, 0.15) is 0 Å². The van der Waals surface area contributed by atoms with E-state index < -0.39 is 0 Å². The summed E-state index contributed by atoms with van der Waals surface area (Å²) in [5.74, 6) is -0.0950. The summed E-state index contributed by atoms with van der Waals surface area (Å²) in [4.78, 5) is 14.2. The third-order valence-corrected chi connectivity index (χ3v) is 6.12. The van der Waals surface area contributed by atoms with Crippen molar-refractivity contribution in [3.05, 3.63) is 57.0 Å². The molecule has 1 aliphatic heterocycles. The van der Waals surface area contributed by atoms with E-state index in [9.17, 15) is 4.79 Å². The first-order valence-electron chi connectivity index (χ1n) is 9.81. The predicted molar refractivity (Wildman–Crippen MR) is 122 cm³/mol. The van der Waals surface area contributed by atoms with Crippen molar-refractivity contribution in [1.29, 1.82) is 0 Å². The second-order valence-corrected chi connectivity index (χ2v) is 8.46. The molecule has 1 saturated heterocycles. The van der Waals surface area contributed by atoms with Crippen molar-refractivity contribution in [2.24, 2.45) is 5.92 Å². The Bertz CT molecular complexity index is 867. The van der Waals surface area contributed by atoms with Gasteiger partial charge in [0, 0.05) is 28.8 Å². The van der Waals surface area contributed by atoms with Crippen LogP contribution in [0.5, 0.6) is 0 Å². The van der Waals surface area contributed by atoms with Gasteiger partial charge in [-0.1, -0.05) is 40.9 Å². The molecule has 7 heteroatoms. The molecule has 0 radical (unpaired) electrons. The predicted octanol–water partition coefficient (Wildman–Crippen LogP) is 6.60.